The van der Waals surface area contributed by atoms with Gasteiger partial charge in [-0.05, 0) is 24.3 Å². The van der Waals surface area contributed by atoms with E-state index in [-0.39, 0.29) is 0 Å². The zero-order valence-corrected chi connectivity index (χ0v) is 12.7. The van der Waals surface area contributed by atoms with Crippen LogP contribution in [0.1, 0.15) is 5.69 Å². The topological polar surface area (TPSA) is 81.7 Å². The molecule has 0 aliphatic heterocycles. The fourth-order valence-corrected chi connectivity index (χ4v) is 2.24. The fraction of sp³-hybridized carbons (Fsp3) is 0.0588. The van der Waals surface area contributed by atoms with Gasteiger partial charge in [-0.1, -0.05) is 46.7 Å². The molecule has 0 fully saturated rings. The van der Waals surface area contributed by atoms with Crippen LogP contribution in [-0.2, 0) is 6.54 Å². The van der Waals surface area contributed by atoms with E-state index in [1.54, 1.807) is 4.68 Å². The molecule has 4 aromatic rings. The zero-order valence-electron chi connectivity index (χ0n) is 12.7. The van der Waals surface area contributed by atoms with Gasteiger partial charge in [0.15, 0.2) is 0 Å². The van der Waals surface area contributed by atoms with Crippen LogP contribution in [0.2, 0.25) is 0 Å². The second-order valence-electron chi connectivity index (χ2n) is 5.12. The number of anilines is 1. The molecule has 118 valence electrons. The maximum atomic E-state index is 5.59. The van der Waals surface area contributed by atoms with Gasteiger partial charge < -0.3 is 9.73 Å². The quantitative estimate of drug-likeness (QED) is 0.609. The molecule has 2 aromatic carbocycles. The molecule has 2 aromatic heterocycles. The Morgan fingerprint density at radius 2 is 1.62 bits per heavy atom. The third-order valence-corrected chi connectivity index (χ3v) is 3.43. The third-order valence-electron chi connectivity index (χ3n) is 3.43. The van der Waals surface area contributed by atoms with Crippen molar-refractivity contribution >= 4 is 6.01 Å². The first-order valence-corrected chi connectivity index (χ1v) is 7.48. The number of para-hydroxylation sites is 1. The number of hydrogen-bond donors (Lipinski definition) is 1. The van der Waals surface area contributed by atoms with E-state index in [9.17, 15) is 0 Å². The van der Waals surface area contributed by atoms with Crippen molar-refractivity contribution in [2.75, 3.05) is 5.32 Å². The molecule has 0 atom stereocenters. The van der Waals surface area contributed by atoms with E-state index in [1.807, 2.05) is 66.9 Å². The highest BCUT2D eigenvalue weighted by molar-refractivity contribution is 5.52. The van der Waals surface area contributed by atoms with Gasteiger partial charge in [0.25, 0.3) is 0 Å². The molecule has 0 spiro atoms. The second kappa shape index (κ2) is 6.33. The van der Waals surface area contributed by atoms with Crippen molar-refractivity contribution in [3.05, 3.63) is 72.6 Å². The van der Waals surface area contributed by atoms with Crippen molar-refractivity contribution in [1.29, 1.82) is 0 Å². The highest BCUT2D eigenvalue weighted by Gasteiger charge is 2.09. The minimum atomic E-state index is 0.350. The lowest BCUT2D eigenvalue weighted by molar-refractivity contribution is 0.580. The van der Waals surface area contributed by atoms with Crippen molar-refractivity contribution in [2.24, 2.45) is 0 Å². The maximum Gasteiger partial charge on any atom is 0.316 e. The summed E-state index contributed by atoms with van der Waals surface area (Å²) in [6, 6.07) is 19.8. The average molecular weight is 318 g/mol. The molecule has 7 heteroatoms. The molecule has 0 radical (unpaired) electrons. The average Bonchev–Trinajstić information content (AvgIpc) is 3.31. The van der Waals surface area contributed by atoms with Gasteiger partial charge in [-0.25, -0.2) is 4.68 Å². The van der Waals surface area contributed by atoms with Crippen LogP contribution < -0.4 is 5.32 Å². The van der Waals surface area contributed by atoms with Crippen molar-refractivity contribution in [2.45, 2.75) is 6.54 Å². The summed E-state index contributed by atoms with van der Waals surface area (Å²) in [5, 5.41) is 19.3. The predicted molar refractivity (Wildman–Crippen MR) is 88.4 cm³/mol. The lowest BCUT2D eigenvalue weighted by Crippen LogP contribution is -1.99. The first kappa shape index (κ1) is 14.1. The Morgan fingerprint density at radius 1 is 0.875 bits per heavy atom. The Bertz CT molecular complexity index is 839. The Kier molecular flexibility index (Phi) is 3.73. The maximum absolute atomic E-state index is 5.59. The van der Waals surface area contributed by atoms with Crippen molar-refractivity contribution in [3.63, 3.8) is 0 Å². The van der Waals surface area contributed by atoms with Gasteiger partial charge in [-0.15, -0.1) is 10.2 Å². The van der Waals surface area contributed by atoms with Gasteiger partial charge in [0.2, 0.25) is 5.89 Å². The van der Waals surface area contributed by atoms with E-state index >= 15 is 0 Å². The second-order valence-corrected chi connectivity index (χ2v) is 5.12. The summed E-state index contributed by atoms with van der Waals surface area (Å²) in [6.07, 6.45) is 1.86. The molecule has 1 N–H and O–H groups in total. The van der Waals surface area contributed by atoms with Crippen molar-refractivity contribution in [1.82, 2.24) is 25.2 Å². The van der Waals surface area contributed by atoms with E-state index in [4.69, 9.17) is 4.42 Å². The van der Waals surface area contributed by atoms with Crippen LogP contribution in [0.5, 0.6) is 0 Å². The molecule has 24 heavy (non-hydrogen) atoms. The largest absolute Gasteiger partial charge is 0.403 e. The van der Waals surface area contributed by atoms with Gasteiger partial charge in [0.05, 0.1) is 18.4 Å². The molecule has 0 amide bonds. The Morgan fingerprint density at radius 3 is 2.42 bits per heavy atom. The molecule has 0 aliphatic carbocycles. The Balaban J connectivity index is 1.43. The van der Waals surface area contributed by atoms with Crippen LogP contribution in [0.15, 0.2) is 71.3 Å². The number of nitrogens with one attached hydrogen (secondary N) is 1. The minimum absolute atomic E-state index is 0.350. The molecule has 0 saturated heterocycles. The van der Waals surface area contributed by atoms with Gasteiger partial charge in [-0.3, -0.25) is 0 Å². The number of benzene rings is 2. The van der Waals surface area contributed by atoms with E-state index in [0.717, 1.165) is 16.9 Å². The Hall–Kier alpha value is -3.48. The lowest BCUT2D eigenvalue weighted by atomic mass is 10.2. The predicted octanol–water partition coefficient (Wildman–Crippen LogP) is 2.93. The van der Waals surface area contributed by atoms with Crippen LogP contribution >= 0.6 is 0 Å². The summed E-state index contributed by atoms with van der Waals surface area (Å²) < 4.78 is 7.32. The summed E-state index contributed by atoms with van der Waals surface area (Å²) in [5.74, 6) is 0.478. The first-order chi connectivity index (χ1) is 11.9. The molecule has 0 saturated carbocycles. The van der Waals surface area contributed by atoms with Gasteiger partial charge in [0.1, 0.15) is 5.69 Å². The molecule has 0 bridgehead atoms. The van der Waals surface area contributed by atoms with E-state index < -0.39 is 0 Å². The van der Waals surface area contributed by atoms with E-state index in [2.05, 4.69) is 25.8 Å². The van der Waals surface area contributed by atoms with E-state index in [1.165, 1.54) is 0 Å². The molecule has 7 nitrogen and oxygen atoms in total. The first-order valence-electron chi connectivity index (χ1n) is 7.48. The highest BCUT2D eigenvalue weighted by Crippen LogP contribution is 2.19. The van der Waals surface area contributed by atoms with E-state index in [0.29, 0.717) is 18.5 Å². The minimum Gasteiger partial charge on any atom is -0.403 e. The fourth-order valence-electron chi connectivity index (χ4n) is 2.24. The summed E-state index contributed by atoms with van der Waals surface area (Å²) in [7, 11) is 0. The van der Waals surface area contributed by atoms with Gasteiger partial charge in [-0.2, -0.15) is 0 Å². The summed E-state index contributed by atoms with van der Waals surface area (Å²) in [5.41, 5.74) is 2.62. The van der Waals surface area contributed by atoms with Crippen molar-refractivity contribution in [3.8, 4) is 17.1 Å². The molecular formula is C17H14N6O. The van der Waals surface area contributed by atoms with Crippen LogP contribution in [0, 0.1) is 0 Å². The highest BCUT2D eigenvalue weighted by atomic mass is 16.4. The normalized spacial score (nSPS) is 10.7. The SMILES string of the molecule is c1ccc(-c2nnc(NCc3cn(-c4ccccc4)nn3)o2)cc1. The molecule has 0 aliphatic rings. The molecule has 4 rings (SSSR count). The smallest absolute Gasteiger partial charge is 0.316 e. The van der Waals surface area contributed by atoms with Crippen LogP contribution in [0.3, 0.4) is 0 Å². The molecular weight excluding hydrogens is 304 g/mol. The summed E-state index contributed by atoms with van der Waals surface area (Å²) >= 11 is 0. The summed E-state index contributed by atoms with van der Waals surface area (Å²) in [4.78, 5) is 0. The number of aromatic nitrogens is 5. The number of rotatable bonds is 5. The lowest BCUT2D eigenvalue weighted by Gasteiger charge is -1.98. The summed E-state index contributed by atoms with van der Waals surface area (Å²) in [6.45, 7) is 0.448. The van der Waals surface area contributed by atoms with Gasteiger partial charge in [0, 0.05) is 5.56 Å². The number of hydrogen-bond acceptors (Lipinski definition) is 6. The van der Waals surface area contributed by atoms with Crippen LogP contribution in [0.25, 0.3) is 17.1 Å². The molecule has 0 unspecified atom stereocenters. The van der Waals surface area contributed by atoms with Crippen LogP contribution in [-0.4, -0.2) is 25.2 Å². The van der Waals surface area contributed by atoms with Crippen LogP contribution in [0.4, 0.5) is 6.01 Å². The third kappa shape index (κ3) is 3.00. The zero-order chi connectivity index (χ0) is 16.2. The molecule has 2 heterocycles. The number of nitrogens with zero attached hydrogens (tertiary/aromatic N) is 5. The van der Waals surface area contributed by atoms with Crippen molar-refractivity contribution < 1.29 is 4.42 Å². The van der Waals surface area contributed by atoms with Gasteiger partial charge >= 0.3 is 6.01 Å². The Labute approximate surface area is 138 Å². The monoisotopic (exact) mass is 318 g/mol. The standard InChI is InChI=1S/C17H14N6O/c1-3-7-13(8-4-1)16-20-21-17(24-16)18-11-14-12-23(22-19-14)15-9-5-2-6-10-15/h1-10,12H,11H2,(H,18,21).